The highest BCUT2D eigenvalue weighted by Crippen LogP contribution is 2.27. The average Bonchev–Trinajstić information content (AvgIpc) is 3.41. The minimum absolute atomic E-state index is 0.0353. The zero-order chi connectivity index (χ0) is 24.7. The van der Waals surface area contributed by atoms with Gasteiger partial charge in [0.1, 0.15) is 11.7 Å². The molecule has 3 aliphatic heterocycles. The van der Waals surface area contributed by atoms with Gasteiger partial charge in [-0.15, -0.1) is 0 Å². The SMILES string of the molecule is CC1=CN=C2C(C(=O)N(Cc3ccc(F)cc3)C(=O)N2C)C1=[N+]1CCN(C(=O)c2ccco2)CC1. The molecule has 4 amide bonds. The van der Waals surface area contributed by atoms with Crippen LogP contribution in [0.4, 0.5) is 9.18 Å². The smallest absolute Gasteiger partial charge is 0.332 e. The van der Waals surface area contributed by atoms with Crippen LogP contribution in [0.15, 0.2) is 63.8 Å². The summed E-state index contributed by atoms with van der Waals surface area (Å²) < 4.78 is 20.7. The number of carbonyl (C=O) groups excluding carboxylic acids is 3. The first-order valence-electron chi connectivity index (χ1n) is 11.4. The molecular formula is C25H25FN5O4+. The van der Waals surface area contributed by atoms with E-state index in [1.165, 1.54) is 28.2 Å². The Morgan fingerprint density at radius 3 is 2.54 bits per heavy atom. The van der Waals surface area contributed by atoms with E-state index in [-0.39, 0.29) is 24.2 Å². The maximum atomic E-state index is 13.7. The summed E-state index contributed by atoms with van der Waals surface area (Å²) in [6, 6.07) is 8.58. The number of nitrogens with zero attached hydrogens (tertiary/aromatic N) is 5. The number of urea groups is 1. The molecule has 1 aromatic heterocycles. The van der Waals surface area contributed by atoms with E-state index in [4.69, 9.17) is 4.42 Å². The second kappa shape index (κ2) is 8.94. The third kappa shape index (κ3) is 4.05. The highest BCUT2D eigenvalue weighted by atomic mass is 19.1. The van der Waals surface area contributed by atoms with Gasteiger partial charge in [0.2, 0.25) is 5.71 Å². The van der Waals surface area contributed by atoms with Crippen molar-refractivity contribution in [3.05, 3.63) is 71.6 Å². The first-order chi connectivity index (χ1) is 16.8. The maximum absolute atomic E-state index is 13.7. The molecule has 1 aromatic carbocycles. The molecule has 0 spiro atoms. The Bertz CT molecular complexity index is 1270. The van der Waals surface area contributed by atoms with E-state index in [2.05, 4.69) is 9.57 Å². The van der Waals surface area contributed by atoms with Crippen molar-refractivity contribution in [3.63, 3.8) is 0 Å². The van der Waals surface area contributed by atoms with Gasteiger partial charge in [-0.2, -0.15) is 0 Å². The van der Waals surface area contributed by atoms with Gasteiger partial charge in [-0.1, -0.05) is 12.1 Å². The van der Waals surface area contributed by atoms with Crippen LogP contribution in [-0.4, -0.2) is 81.9 Å². The number of hydrogen-bond donors (Lipinski definition) is 0. The van der Waals surface area contributed by atoms with Crippen molar-refractivity contribution < 1.29 is 27.8 Å². The number of fused-ring (bicyclic) bond motifs is 1. The van der Waals surface area contributed by atoms with Crippen LogP contribution < -0.4 is 0 Å². The highest BCUT2D eigenvalue weighted by Gasteiger charge is 2.50. The maximum Gasteiger partial charge on any atom is 0.332 e. The standard InChI is InChI=1S/C25H25FN5O4/c1-16-14-27-22-20(21(16)29-9-11-30(12-10-29)23(32)19-4-3-13-35-19)24(33)31(25(34)28(22)2)15-17-5-7-18(26)8-6-17/h3-8,13-14,20H,9-12,15H2,1-2H3/q+1. The fourth-order valence-electron chi connectivity index (χ4n) is 4.75. The lowest BCUT2D eigenvalue weighted by atomic mass is 9.89. The van der Waals surface area contributed by atoms with Crippen LogP contribution in [0.5, 0.6) is 0 Å². The lowest BCUT2D eigenvalue weighted by Crippen LogP contribution is -2.62. The summed E-state index contributed by atoms with van der Waals surface area (Å²) in [5.74, 6) is -0.978. The number of aliphatic imine (C=N–C) groups is 1. The van der Waals surface area contributed by atoms with Crippen molar-refractivity contribution in [2.75, 3.05) is 33.2 Å². The van der Waals surface area contributed by atoms with E-state index in [9.17, 15) is 18.8 Å². The number of furan rings is 1. The van der Waals surface area contributed by atoms with Crippen LogP contribution in [0, 0.1) is 11.7 Å². The van der Waals surface area contributed by atoms with Gasteiger partial charge in [0, 0.05) is 18.8 Å². The quantitative estimate of drug-likeness (QED) is 0.634. The number of benzene rings is 1. The molecule has 0 aliphatic carbocycles. The molecule has 9 nitrogen and oxygen atoms in total. The number of carbonyl (C=O) groups is 3. The largest absolute Gasteiger partial charge is 0.459 e. The Kier molecular flexibility index (Phi) is 5.80. The minimum Gasteiger partial charge on any atom is -0.459 e. The van der Waals surface area contributed by atoms with Gasteiger partial charge in [-0.25, -0.2) is 18.8 Å². The molecule has 1 atom stereocenters. The monoisotopic (exact) mass is 478 g/mol. The van der Waals surface area contributed by atoms with Gasteiger partial charge >= 0.3 is 6.03 Å². The molecule has 35 heavy (non-hydrogen) atoms. The average molecular weight is 479 g/mol. The van der Waals surface area contributed by atoms with Crippen molar-refractivity contribution >= 4 is 29.4 Å². The number of rotatable bonds is 3. The number of halogens is 1. The molecule has 2 aromatic rings. The highest BCUT2D eigenvalue weighted by molar-refractivity contribution is 6.32. The van der Waals surface area contributed by atoms with E-state index < -0.39 is 11.9 Å². The van der Waals surface area contributed by atoms with Gasteiger partial charge in [-0.3, -0.25) is 19.4 Å². The van der Waals surface area contributed by atoms with E-state index in [0.29, 0.717) is 43.3 Å². The van der Waals surface area contributed by atoms with Crippen LogP contribution in [0.2, 0.25) is 0 Å². The van der Waals surface area contributed by atoms with E-state index >= 15 is 0 Å². The van der Waals surface area contributed by atoms with Crippen LogP contribution in [0.3, 0.4) is 0 Å². The minimum atomic E-state index is -0.740. The number of amidine groups is 1. The van der Waals surface area contributed by atoms with Crippen LogP contribution in [0.1, 0.15) is 23.0 Å². The molecule has 2 fully saturated rings. The number of allylic oxidation sites excluding steroid dienone is 1. The zero-order valence-corrected chi connectivity index (χ0v) is 19.5. The lowest BCUT2D eigenvalue weighted by Gasteiger charge is -2.38. The van der Waals surface area contributed by atoms with E-state index in [0.717, 1.165) is 11.3 Å². The Balaban J connectivity index is 1.42. The van der Waals surface area contributed by atoms with Crippen molar-refractivity contribution in [1.82, 2.24) is 14.7 Å². The molecular weight excluding hydrogens is 453 g/mol. The van der Waals surface area contributed by atoms with Gasteiger partial charge in [0.25, 0.3) is 11.8 Å². The lowest BCUT2D eigenvalue weighted by molar-refractivity contribution is -0.539. The van der Waals surface area contributed by atoms with Gasteiger partial charge in [0.15, 0.2) is 24.8 Å². The molecule has 2 saturated heterocycles. The summed E-state index contributed by atoms with van der Waals surface area (Å²) in [6.45, 7) is 3.92. The predicted octanol–water partition coefficient (Wildman–Crippen LogP) is 2.35. The number of hydrogen-bond acceptors (Lipinski definition) is 5. The topological polar surface area (TPSA) is 89.4 Å². The molecule has 0 radical (unpaired) electrons. The molecule has 180 valence electrons. The van der Waals surface area contributed by atoms with Crippen molar-refractivity contribution in [2.24, 2.45) is 10.9 Å². The van der Waals surface area contributed by atoms with Gasteiger partial charge in [-0.05, 0) is 36.8 Å². The van der Waals surface area contributed by atoms with Crippen LogP contribution in [-0.2, 0) is 11.3 Å². The summed E-state index contributed by atoms with van der Waals surface area (Å²) in [6.07, 6.45) is 3.15. The van der Waals surface area contributed by atoms with Crippen LogP contribution >= 0.6 is 0 Å². The molecule has 0 saturated carbocycles. The molecule has 5 rings (SSSR count). The molecule has 10 heteroatoms. The third-order valence-corrected chi connectivity index (χ3v) is 6.59. The van der Waals surface area contributed by atoms with E-state index in [1.807, 2.05) is 6.92 Å². The fraction of sp³-hybridized carbons (Fsp3) is 0.320. The Labute approximate surface area is 201 Å². The normalized spacial score (nSPS) is 20.7. The summed E-state index contributed by atoms with van der Waals surface area (Å²) in [5, 5.41) is 0. The van der Waals surface area contributed by atoms with Gasteiger partial charge in [0.05, 0.1) is 25.9 Å². The number of amides is 4. The first kappa shape index (κ1) is 22.7. The second-order valence-electron chi connectivity index (χ2n) is 8.77. The summed E-state index contributed by atoms with van der Waals surface area (Å²) in [7, 11) is 1.60. The third-order valence-electron chi connectivity index (χ3n) is 6.59. The Hall–Kier alpha value is -4.08. The van der Waals surface area contributed by atoms with E-state index in [1.54, 1.807) is 42.4 Å². The van der Waals surface area contributed by atoms with Gasteiger partial charge < -0.3 is 9.32 Å². The van der Waals surface area contributed by atoms with Crippen molar-refractivity contribution in [1.29, 1.82) is 0 Å². The number of piperazine rings is 1. The Morgan fingerprint density at radius 1 is 1.17 bits per heavy atom. The zero-order valence-electron chi connectivity index (χ0n) is 19.5. The van der Waals surface area contributed by atoms with Crippen molar-refractivity contribution in [2.45, 2.75) is 13.5 Å². The molecule has 0 bridgehead atoms. The predicted molar refractivity (Wildman–Crippen MR) is 124 cm³/mol. The summed E-state index contributed by atoms with van der Waals surface area (Å²) in [4.78, 5) is 48.1. The second-order valence-corrected chi connectivity index (χ2v) is 8.77. The summed E-state index contributed by atoms with van der Waals surface area (Å²) in [5.41, 5.74) is 2.27. The molecule has 1 unspecified atom stereocenters. The first-order valence-corrected chi connectivity index (χ1v) is 11.4. The molecule has 0 N–H and O–H groups in total. The van der Waals surface area contributed by atoms with Crippen LogP contribution in [0.25, 0.3) is 0 Å². The number of imide groups is 1. The molecule has 4 heterocycles. The van der Waals surface area contributed by atoms with Crippen molar-refractivity contribution in [3.8, 4) is 0 Å². The Morgan fingerprint density at radius 2 is 1.89 bits per heavy atom. The fourth-order valence-corrected chi connectivity index (χ4v) is 4.75. The summed E-state index contributed by atoms with van der Waals surface area (Å²) >= 11 is 0. The molecule has 3 aliphatic rings.